The van der Waals surface area contributed by atoms with Gasteiger partial charge in [-0.05, 0) is 46.3 Å². The molecule has 0 unspecified atom stereocenters. The number of carbonyl (C=O) groups excluding carboxylic acids is 1. The van der Waals surface area contributed by atoms with Gasteiger partial charge in [-0.25, -0.2) is 0 Å². The monoisotopic (exact) mass is 329 g/mol. The van der Waals surface area contributed by atoms with Crippen LogP contribution in [0.25, 0.3) is 0 Å². The first kappa shape index (κ1) is 17.4. The maximum Gasteiger partial charge on any atom is 0.232 e. The Kier molecular flexibility index (Phi) is 4.71. The van der Waals surface area contributed by atoms with Crippen LogP contribution in [0, 0.1) is 0 Å². The fourth-order valence-electron chi connectivity index (χ4n) is 4.30. The predicted octanol–water partition coefficient (Wildman–Crippen LogP) is 2.20. The summed E-state index contributed by atoms with van der Waals surface area (Å²) in [5, 5.41) is 0. The number of likely N-dealkylation sites (tertiary alicyclic amines) is 1. The number of hydrogen-bond acceptors (Lipinski definition) is 3. The molecule has 0 N–H and O–H groups in total. The van der Waals surface area contributed by atoms with Crippen molar-refractivity contribution in [2.75, 3.05) is 46.8 Å². The van der Waals surface area contributed by atoms with Crippen molar-refractivity contribution < 1.29 is 4.79 Å². The topological polar surface area (TPSA) is 26.8 Å². The minimum atomic E-state index is -0.457. The summed E-state index contributed by atoms with van der Waals surface area (Å²) in [6.45, 7) is 9.22. The van der Waals surface area contributed by atoms with Crippen LogP contribution < -0.4 is 0 Å². The van der Waals surface area contributed by atoms with Crippen molar-refractivity contribution in [3.8, 4) is 0 Å². The summed E-state index contributed by atoms with van der Waals surface area (Å²) >= 11 is 0. The van der Waals surface area contributed by atoms with E-state index in [0.717, 1.165) is 51.1 Å². The second kappa shape index (κ2) is 6.49. The molecule has 1 spiro atoms. The highest BCUT2D eigenvalue weighted by atomic mass is 16.2. The van der Waals surface area contributed by atoms with Gasteiger partial charge in [0.25, 0.3) is 0 Å². The Labute approximate surface area is 146 Å². The van der Waals surface area contributed by atoms with Gasteiger partial charge in [-0.2, -0.15) is 0 Å². The van der Waals surface area contributed by atoms with Crippen molar-refractivity contribution in [1.29, 1.82) is 0 Å². The molecular formula is C20H31N3O. The third-order valence-corrected chi connectivity index (χ3v) is 6.20. The van der Waals surface area contributed by atoms with Crippen molar-refractivity contribution in [2.45, 2.75) is 37.6 Å². The molecule has 4 nitrogen and oxygen atoms in total. The lowest BCUT2D eigenvalue weighted by atomic mass is 9.80. The molecule has 3 rings (SSSR count). The number of likely N-dealkylation sites (N-methyl/N-ethyl adjacent to an activating group) is 2. The van der Waals surface area contributed by atoms with Gasteiger partial charge in [0.05, 0.1) is 5.41 Å². The van der Waals surface area contributed by atoms with Crippen molar-refractivity contribution >= 4 is 5.91 Å². The Morgan fingerprint density at radius 1 is 1.00 bits per heavy atom. The average Bonchev–Trinajstić information content (AvgIpc) is 2.59. The highest BCUT2D eigenvalue weighted by Gasteiger charge is 2.44. The maximum atomic E-state index is 13.1. The summed E-state index contributed by atoms with van der Waals surface area (Å²) in [5.74, 6) is 0.260. The molecule has 0 atom stereocenters. The highest BCUT2D eigenvalue weighted by molar-refractivity contribution is 5.87. The SMILES string of the molecule is CN1CCN(C)C2(CCN(C(=O)C(C)(C)c3ccccc3)CC2)C1. The Morgan fingerprint density at radius 3 is 2.25 bits per heavy atom. The van der Waals surface area contributed by atoms with Crippen LogP contribution in [-0.2, 0) is 10.2 Å². The van der Waals surface area contributed by atoms with E-state index in [1.165, 1.54) is 0 Å². The molecule has 1 aromatic carbocycles. The number of rotatable bonds is 2. The highest BCUT2D eigenvalue weighted by Crippen LogP contribution is 2.33. The van der Waals surface area contributed by atoms with Gasteiger partial charge in [0, 0.05) is 38.3 Å². The first-order valence-electron chi connectivity index (χ1n) is 9.10. The van der Waals surface area contributed by atoms with Gasteiger partial charge in [-0.15, -0.1) is 0 Å². The second-order valence-corrected chi connectivity index (χ2v) is 8.17. The molecule has 2 fully saturated rings. The lowest BCUT2D eigenvalue weighted by molar-refractivity contribution is -0.139. The molecular weight excluding hydrogens is 298 g/mol. The van der Waals surface area contributed by atoms with Crippen LogP contribution in [0.2, 0.25) is 0 Å². The smallest absolute Gasteiger partial charge is 0.232 e. The van der Waals surface area contributed by atoms with Crippen LogP contribution >= 0.6 is 0 Å². The van der Waals surface area contributed by atoms with Crippen LogP contribution in [0.1, 0.15) is 32.3 Å². The molecule has 2 heterocycles. The second-order valence-electron chi connectivity index (χ2n) is 8.17. The molecule has 1 amide bonds. The van der Waals surface area contributed by atoms with Gasteiger partial charge in [0.2, 0.25) is 5.91 Å². The van der Waals surface area contributed by atoms with E-state index in [0.29, 0.717) is 0 Å². The van der Waals surface area contributed by atoms with E-state index in [2.05, 4.69) is 54.8 Å². The number of carbonyl (C=O) groups is 1. The molecule has 4 heteroatoms. The fraction of sp³-hybridized carbons (Fsp3) is 0.650. The summed E-state index contributed by atoms with van der Waals surface area (Å²) in [4.78, 5) is 20.2. The number of piperidine rings is 1. The molecule has 0 radical (unpaired) electrons. The summed E-state index contributed by atoms with van der Waals surface area (Å²) < 4.78 is 0. The fourth-order valence-corrected chi connectivity index (χ4v) is 4.30. The van der Waals surface area contributed by atoms with E-state index in [-0.39, 0.29) is 11.4 Å². The van der Waals surface area contributed by atoms with E-state index in [4.69, 9.17) is 0 Å². The third kappa shape index (κ3) is 3.09. The maximum absolute atomic E-state index is 13.1. The molecule has 0 aliphatic carbocycles. The first-order chi connectivity index (χ1) is 11.3. The van der Waals surface area contributed by atoms with Gasteiger partial charge >= 0.3 is 0 Å². The van der Waals surface area contributed by atoms with E-state index in [1.54, 1.807) is 0 Å². The standard InChI is InChI=1S/C20H31N3O/c1-19(2,17-8-6-5-7-9-17)18(24)23-12-10-20(11-13-23)16-21(3)14-15-22(20)4/h5-9H,10-16H2,1-4H3. The molecule has 2 aliphatic heterocycles. The van der Waals surface area contributed by atoms with Crippen LogP contribution in [0.15, 0.2) is 30.3 Å². The van der Waals surface area contributed by atoms with Crippen molar-refractivity contribution in [3.05, 3.63) is 35.9 Å². The van der Waals surface area contributed by atoms with Gasteiger partial charge < -0.3 is 9.80 Å². The van der Waals surface area contributed by atoms with Crippen molar-refractivity contribution in [2.24, 2.45) is 0 Å². The van der Waals surface area contributed by atoms with Gasteiger partial charge in [-0.1, -0.05) is 30.3 Å². The third-order valence-electron chi connectivity index (χ3n) is 6.20. The van der Waals surface area contributed by atoms with Crippen molar-refractivity contribution in [3.63, 3.8) is 0 Å². The predicted molar refractivity (Wildman–Crippen MR) is 98.1 cm³/mol. The van der Waals surface area contributed by atoms with Crippen LogP contribution in [0.3, 0.4) is 0 Å². The molecule has 0 saturated carbocycles. The van der Waals surface area contributed by atoms with Crippen molar-refractivity contribution in [1.82, 2.24) is 14.7 Å². The quantitative estimate of drug-likeness (QED) is 0.832. The van der Waals surface area contributed by atoms with Gasteiger partial charge in [0.1, 0.15) is 0 Å². The summed E-state index contributed by atoms with van der Waals surface area (Å²) in [6, 6.07) is 10.2. The number of hydrogen-bond donors (Lipinski definition) is 0. The Morgan fingerprint density at radius 2 is 1.62 bits per heavy atom. The zero-order chi connectivity index (χ0) is 17.4. The minimum absolute atomic E-state index is 0.251. The van der Waals surface area contributed by atoms with Crippen LogP contribution in [-0.4, -0.2) is 73.0 Å². The molecule has 0 bridgehead atoms. The first-order valence-corrected chi connectivity index (χ1v) is 9.10. The van der Waals surface area contributed by atoms with E-state index in [1.807, 2.05) is 18.2 Å². The summed E-state index contributed by atoms with van der Waals surface area (Å²) in [5.41, 5.74) is 0.895. The number of piperazine rings is 1. The number of amides is 1. The Hall–Kier alpha value is -1.39. The molecule has 2 saturated heterocycles. The van der Waals surface area contributed by atoms with Gasteiger partial charge in [0.15, 0.2) is 0 Å². The lowest BCUT2D eigenvalue weighted by Crippen LogP contribution is -2.64. The molecule has 1 aromatic rings. The largest absolute Gasteiger partial charge is 0.342 e. The van der Waals surface area contributed by atoms with E-state index < -0.39 is 5.41 Å². The molecule has 2 aliphatic rings. The Balaban J connectivity index is 1.69. The normalized spacial score (nSPS) is 22.8. The van der Waals surface area contributed by atoms with E-state index >= 15 is 0 Å². The number of benzene rings is 1. The van der Waals surface area contributed by atoms with Gasteiger partial charge in [-0.3, -0.25) is 9.69 Å². The molecule has 24 heavy (non-hydrogen) atoms. The zero-order valence-corrected chi connectivity index (χ0v) is 15.6. The Bertz CT molecular complexity index is 576. The van der Waals surface area contributed by atoms with Crippen LogP contribution in [0.5, 0.6) is 0 Å². The molecule has 0 aromatic heterocycles. The van der Waals surface area contributed by atoms with Crippen LogP contribution in [0.4, 0.5) is 0 Å². The zero-order valence-electron chi connectivity index (χ0n) is 15.6. The summed E-state index contributed by atoms with van der Waals surface area (Å²) in [7, 11) is 4.46. The molecule has 132 valence electrons. The van der Waals surface area contributed by atoms with E-state index in [9.17, 15) is 4.79 Å². The minimum Gasteiger partial charge on any atom is -0.342 e. The average molecular weight is 329 g/mol. The number of nitrogens with zero attached hydrogens (tertiary/aromatic N) is 3. The lowest BCUT2D eigenvalue weighted by Gasteiger charge is -2.53. The summed E-state index contributed by atoms with van der Waals surface area (Å²) in [6.07, 6.45) is 2.15.